The van der Waals surface area contributed by atoms with E-state index in [1.165, 1.54) is 0 Å². The molecule has 1 rings (SSSR count). The van der Waals surface area contributed by atoms with Crippen LogP contribution in [0.2, 0.25) is 5.15 Å². The number of pyridine rings is 1. The highest BCUT2D eigenvalue weighted by Crippen LogP contribution is 2.27. The van der Waals surface area contributed by atoms with Crippen LogP contribution in [-0.4, -0.2) is 16.1 Å². The van der Waals surface area contributed by atoms with Crippen molar-refractivity contribution in [2.24, 2.45) is 0 Å². The lowest BCUT2D eigenvalue weighted by Gasteiger charge is -2.09. The summed E-state index contributed by atoms with van der Waals surface area (Å²) < 4.78 is 25.1. The molecule has 1 N–H and O–H groups in total. The van der Waals surface area contributed by atoms with Crippen LogP contribution in [0.3, 0.4) is 0 Å². The molecule has 0 fully saturated rings. The first-order valence-electron chi connectivity index (χ1n) is 4.19. The van der Waals surface area contributed by atoms with Gasteiger partial charge >= 0.3 is 5.97 Å². The number of carbonyl (C=O) groups is 1. The largest absolute Gasteiger partial charge is 0.481 e. The number of aromatic nitrogens is 1. The second-order valence-corrected chi connectivity index (χ2v) is 3.60. The number of hydrogen-bond donors (Lipinski definition) is 1. The molecular formula is C9H7Cl2F2NO2. The third-order valence-electron chi connectivity index (χ3n) is 1.86. The third-order valence-corrected chi connectivity index (χ3v) is 2.44. The van der Waals surface area contributed by atoms with Gasteiger partial charge in [0.15, 0.2) is 0 Å². The van der Waals surface area contributed by atoms with Crippen LogP contribution in [0.4, 0.5) is 8.78 Å². The fourth-order valence-electron chi connectivity index (χ4n) is 1.17. The van der Waals surface area contributed by atoms with Crippen LogP contribution in [0.15, 0.2) is 6.07 Å². The van der Waals surface area contributed by atoms with Crippen molar-refractivity contribution < 1.29 is 18.7 Å². The molecule has 0 aliphatic carbocycles. The van der Waals surface area contributed by atoms with Gasteiger partial charge in [0.1, 0.15) is 5.15 Å². The van der Waals surface area contributed by atoms with E-state index in [2.05, 4.69) is 4.98 Å². The van der Waals surface area contributed by atoms with E-state index in [4.69, 9.17) is 28.3 Å². The Morgan fingerprint density at radius 1 is 1.56 bits per heavy atom. The minimum Gasteiger partial charge on any atom is -0.481 e. The summed E-state index contributed by atoms with van der Waals surface area (Å²) in [6, 6.07) is 1.03. The van der Waals surface area contributed by atoms with Crippen molar-refractivity contribution in [1.29, 1.82) is 0 Å². The second kappa shape index (κ2) is 5.41. The average molecular weight is 270 g/mol. The maximum Gasteiger partial charge on any atom is 0.307 e. The van der Waals surface area contributed by atoms with Crippen molar-refractivity contribution in [1.82, 2.24) is 4.98 Å². The Hall–Kier alpha value is -0.940. The van der Waals surface area contributed by atoms with E-state index in [9.17, 15) is 13.6 Å². The zero-order chi connectivity index (χ0) is 12.3. The Bertz CT molecular complexity index is 413. The Morgan fingerprint density at radius 2 is 2.19 bits per heavy atom. The van der Waals surface area contributed by atoms with Crippen LogP contribution < -0.4 is 0 Å². The molecule has 0 radical (unpaired) electrons. The number of hydrogen-bond acceptors (Lipinski definition) is 2. The molecule has 7 heteroatoms. The molecule has 0 aliphatic heterocycles. The molecule has 0 saturated carbocycles. The lowest BCUT2D eigenvalue weighted by atomic mass is 10.1. The minimum absolute atomic E-state index is 0.0317. The van der Waals surface area contributed by atoms with Crippen molar-refractivity contribution in [2.45, 2.75) is 18.7 Å². The Balaban J connectivity index is 3.21. The summed E-state index contributed by atoms with van der Waals surface area (Å²) >= 11 is 11.1. The van der Waals surface area contributed by atoms with Gasteiger partial charge in [0.25, 0.3) is 6.43 Å². The van der Waals surface area contributed by atoms with Gasteiger partial charge < -0.3 is 5.11 Å². The highest BCUT2D eigenvalue weighted by Gasteiger charge is 2.18. The summed E-state index contributed by atoms with van der Waals surface area (Å²) in [5.74, 6) is -1.37. The monoisotopic (exact) mass is 269 g/mol. The second-order valence-electron chi connectivity index (χ2n) is 2.98. The summed E-state index contributed by atoms with van der Waals surface area (Å²) in [4.78, 5) is 14.1. The Kier molecular flexibility index (Phi) is 4.44. The molecule has 0 aromatic carbocycles. The first-order chi connectivity index (χ1) is 7.45. The Morgan fingerprint density at radius 3 is 2.62 bits per heavy atom. The number of aliphatic carboxylic acids is 1. The van der Waals surface area contributed by atoms with E-state index >= 15 is 0 Å². The number of carboxylic acids is 1. The molecule has 1 aromatic rings. The standard InChI is InChI=1S/C9H7Cl2F2NO2/c10-3-6-5(9(12)13)1-4(2-7(15)16)8(11)14-6/h1,9H,2-3H2,(H,15,16). The van der Waals surface area contributed by atoms with Gasteiger partial charge in [-0.15, -0.1) is 11.6 Å². The van der Waals surface area contributed by atoms with E-state index in [0.717, 1.165) is 6.07 Å². The summed E-state index contributed by atoms with van der Waals surface area (Å²) in [7, 11) is 0. The maximum atomic E-state index is 12.6. The quantitative estimate of drug-likeness (QED) is 0.675. The summed E-state index contributed by atoms with van der Waals surface area (Å²) in [5, 5.41) is 8.44. The van der Waals surface area contributed by atoms with Crippen molar-refractivity contribution in [3.05, 3.63) is 28.0 Å². The lowest BCUT2D eigenvalue weighted by Crippen LogP contribution is -2.05. The van der Waals surface area contributed by atoms with Gasteiger partial charge in [-0.2, -0.15) is 0 Å². The molecule has 0 aliphatic rings. The molecule has 0 amide bonds. The molecule has 0 bridgehead atoms. The van der Waals surface area contributed by atoms with Gasteiger partial charge in [-0.1, -0.05) is 11.6 Å². The lowest BCUT2D eigenvalue weighted by molar-refractivity contribution is -0.136. The smallest absolute Gasteiger partial charge is 0.307 e. The normalized spacial score (nSPS) is 10.8. The molecule has 0 atom stereocenters. The first-order valence-corrected chi connectivity index (χ1v) is 5.11. The molecule has 0 unspecified atom stereocenters. The zero-order valence-electron chi connectivity index (χ0n) is 7.88. The fourth-order valence-corrected chi connectivity index (χ4v) is 1.61. The van der Waals surface area contributed by atoms with E-state index in [-0.39, 0.29) is 27.9 Å². The summed E-state index contributed by atoms with van der Waals surface area (Å²) in [5.41, 5.74) is -0.357. The van der Waals surface area contributed by atoms with Gasteiger partial charge in [-0.05, 0) is 6.07 Å². The zero-order valence-corrected chi connectivity index (χ0v) is 9.40. The predicted octanol–water partition coefficient (Wildman–Crippen LogP) is 3.04. The van der Waals surface area contributed by atoms with Crippen molar-refractivity contribution in [3.8, 4) is 0 Å². The summed E-state index contributed by atoms with van der Waals surface area (Å²) in [6.45, 7) is 0. The van der Waals surface area contributed by atoms with Crippen LogP contribution in [0, 0.1) is 0 Å². The van der Waals surface area contributed by atoms with E-state index in [1.54, 1.807) is 0 Å². The van der Waals surface area contributed by atoms with Gasteiger partial charge in [0, 0.05) is 11.1 Å². The van der Waals surface area contributed by atoms with Gasteiger partial charge in [-0.3, -0.25) is 4.79 Å². The van der Waals surface area contributed by atoms with Crippen LogP contribution in [-0.2, 0) is 17.1 Å². The van der Waals surface area contributed by atoms with Gasteiger partial charge in [-0.25, -0.2) is 13.8 Å². The molecule has 16 heavy (non-hydrogen) atoms. The SMILES string of the molecule is O=C(O)Cc1cc(C(F)F)c(CCl)nc1Cl. The van der Waals surface area contributed by atoms with Gasteiger partial charge in [0.2, 0.25) is 0 Å². The fraction of sp³-hybridized carbons (Fsp3) is 0.333. The van der Waals surface area contributed by atoms with E-state index in [0.29, 0.717) is 0 Å². The molecule has 0 spiro atoms. The van der Waals surface area contributed by atoms with Crippen LogP contribution in [0.1, 0.15) is 23.2 Å². The highest BCUT2D eigenvalue weighted by molar-refractivity contribution is 6.30. The molecule has 1 aromatic heterocycles. The highest BCUT2D eigenvalue weighted by atomic mass is 35.5. The van der Waals surface area contributed by atoms with E-state index in [1.807, 2.05) is 0 Å². The first kappa shape index (κ1) is 13.1. The van der Waals surface area contributed by atoms with Crippen LogP contribution >= 0.6 is 23.2 Å². The molecular weight excluding hydrogens is 263 g/mol. The number of rotatable bonds is 4. The molecule has 88 valence electrons. The predicted molar refractivity (Wildman–Crippen MR) is 55.1 cm³/mol. The van der Waals surface area contributed by atoms with Crippen molar-refractivity contribution in [2.75, 3.05) is 0 Å². The van der Waals surface area contributed by atoms with Crippen LogP contribution in [0.5, 0.6) is 0 Å². The van der Waals surface area contributed by atoms with Gasteiger partial charge in [0.05, 0.1) is 18.0 Å². The Labute approximate surface area is 100 Å². The number of halogens is 4. The minimum atomic E-state index is -2.76. The van der Waals surface area contributed by atoms with Crippen molar-refractivity contribution >= 4 is 29.2 Å². The maximum absolute atomic E-state index is 12.6. The number of carboxylic acid groups (broad SMARTS) is 1. The number of nitrogens with zero attached hydrogens (tertiary/aromatic N) is 1. The van der Waals surface area contributed by atoms with Crippen molar-refractivity contribution in [3.63, 3.8) is 0 Å². The average Bonchev–Trinajstić information content (AvgIpc) is 2.19. The topological polar surface area (TPSA) is 50.2 Å². The summed E-state index contributed by atoms with van der Waals surface area (Å²) in [6.07, 6.45) is -3.21. The number of alkyl halides is 3. The molecule has 1 heterocycles. The third kappa shape index (κ3) is 3.02. The molecule has 3 nitrogen and oxygen atoms in total. The van der Waals surface area contributed by atoms with Crippen LogP contribution in [0.25, 0.3) is 0 Å². The molecule has 0 saturated heterocycles. The van der Waals surface area contributed by atoms with E-state index < -0.39 is 18.8 Å².